The molecule has 0 heteroatoms. The average Bonchev–Trinajstić information content (AvgIpc) is 2.71. The van der Waals surface area contributed by atoms with Gasteiger partial charge in [-0.15, -0.1) is 0 Å². The summed E-state index contributed by atoms with van der Waals surface area (Å²) in [5.74, 6) is 0. The highest BCUT2D eigenvalue weighted by atomic mass is 13.8. The lowest BCUT2D eigenvalue weighted by Gasteiger charge is -1.83. The summed E-state index contributed by atoms with van der Waals surface area (Å²) < 4.78 is 0. The van der Waals surface area contributed by atoms with Crippen molar-refractivity contribution in [3.05, 3.63) is 158 Å². The van der Waals surface area contributed by atoms with Gasteiger partial charge in [-0.2, -0.15) is 0 Å². The van der Waals surface area contributed by atoms with E-state index in [1.165, 1.54) is 0 Å². The minimum Gasteiger partial charge on any atom is -0.0842 e. The zero-order valence-corrected chi connectivity index (χ0v) is 16.3. The molecule has 0 nitrogen and oxygen atoms in total. The lowest BCUT2D eigenvalue weighted by Crippen LogP contribution is -1.64. The molecule has 1 aliphatic rings. The fraction of sp³-hybridized carbons (Fsp3) is 0.0714. The maximum Gasteiger partial charge on any atom is -0.0241 e. The van der Waals surface area contributed by atoms with E-state index in [-0.39, 0.29) is 0 Å². The highest BCUT2D eigenvalue weighted by molar-refractivity contribution is 5.23. The summed E-state index contributed by atoms with van der Waals surface area (Å²) in [6.45, 7) is 0. The van der Waals surface area contributed by atoms with E-state index in [0.29, 0.717) is 0 Å². The summed E-state index contributed by atoms with van der Waals surface area (Å²) in [7, 11) is 0. The molecule has 0 spiro atoms. The fourth-order valence-corrected chi connectivity index (χ4v) is 1.90. The Morgan fingerprint density at radius 3 is 0.964 bits per heavy atom. The van der Waals surface area contributed by atoms with Gasteiger partial charge in [0.15, 0.2) is 0 Å². The molecule has 141 valence electrons. The Kier molecular flexibility index (Phi) is 16.1. The molecule has 1 rings (SSSR count). The zero-order chi connectivity index (χ0) is 19.8. The van der Waals surface area contributed by atoms with E-state index in [0.717, 1.165) is 12.8 Å². The molecule has 0 aromatic heterocycles. The maximum atomic E-state index is 3.26. The molecular weight excluding hydrogens is 336 g/mol. The number of allylic oxidation sites excluding steroid dienone is 26. The van der Waals surface area contributed by atoms with Crippen LogP contribution in [-0.4, -0.2) is 0 Å². The number of hydrogen-bond donors (Lipinski definition) is 0. The van der Waals surface area contributed by atoms with Crippen LogP contribution in [0.5, 0.6) is 0 Å². The Morgan fingerprint density at radius 1 is 0.321 bits per heavy atom. The van der Waals surface area contributed by atoms with Gasteiger partial charge in [0.05, 0.1) is 0 Å². The van der Waals surface area contributed by atoms with Crippen LogP contribution in [0.3, 0.4) is 0 Å². The van der Waals surface area contributed by atoms with Crippen molar-refractivity contribution in [2.24, 2.45) is 0 Å². The Hall–Kier alpha value is -3.38. The maximum absolute atomic E-state index is 3.26. The lowest BCUT2D eigenvalue weighted by molar-refractivity contribution is 1.03. The van der Waals surface area contributed by atoms with Crippen molar-refractivity contribution in [1.29, 1.82) is 0 Å². The monoisotopic (exact) mass is 365 g/mol. The van der Waals surface area contributed by atoms with Gasteiger partial charge in [0.25, 0.3) is 0 Å². The van der Waals surface area contributed by atoms with Gasteiger partial charge in [0, 0.05) is 0 Å². The predicted molar refractivity (Wildman–Crippen MR) is 127 cm³/mol. The number of rotatable bonds is 0. The van der Waals surface area contributed by atoms with Crippen LogP contribution in [0, 0.1) is 6.08 Å². The predicted octanol–water partition coefficient (Wildman–Crippen LogP) is 7.81. The smallest absolute Gasteiger partial charge is 0.0241 e. The molecule has 0 N–H and O–H groups in total. The van der Waals surface area contributed by atoms with Gasteiger partial charge in [-0.1, -0.05) is 152 Å². The van der Waals surface area contributed by atoms with Crippen molar-refractivity contribution in [3.63, 3.8) is 0 Å². The van der Waals surface area contributed by atoms with Crippen LogP contribution in [0.15, 0.2) is 152 Å². The molecule has 0 atom stereocenters. The van der Waals surface area contributed by atoms with Crippen LogP contribution in [-0.2, 0) is 0 Å². The van der Waals surface area contributed by atoms with Crippen molar-refractivity contribution in [3.8, 4) is 0 Å². The average molecular weight is 366 g/mol. The third-order valence-corrected chi connectivity index (χ3v) is 3.25. The minimum absolute atomic E-state index is 0.922. The second kappa shape index (κ2) is 19.9. The molecule has 0 heterocycles. The van der Waals surface area contributed by atoms with Crippen molar-refractivity contribution >= 4 is 0 Å². The largest absolute Gasteiger partial charge is 0.0842 e. The summed E-state index contributed by atoms with van der Waals surface area (Å²) in [6, 6.07) is 0. The first-order chi connectivity index (χ1) is 14.0. The lowest BCUT2D eigenvalue weighted by atomic mass is 10.2. The molecule has 0 fully saturated rings. The third-order valence-electron chi connectivity index (χ3n) is 3.25. The molecule has 28 heavy (non-hydrogen) atoms. The van der Waals surface area contributed by atoms with Gasteiger partial charge in [-0.25, -0.2) is 0 Å². The first-order valence-electron chi connectivity index (χ1n) is 9.55. The quantitative estimate of drug-likeness (QED) is 0.410. The molecule has 0 aromatic rings. The second-order valence-corrected chi connectivity index (χ2v) is 5.57. The topological polar surface area (TPSA) is 0 Å². The summed E-state index contributed by atoms with van der Waals surface area (Å²) in [6.07, 6.45) is 55.5. The molecule has 0 saturated carbocycles. The third kappa shape index (κ3) is 17.4. The first-order valence-corrected chi connectivity index (χ1v) is 9.55. The van der Waals surface area contributed by atoms with Gasteiger partial charge in [-0.05, 0) is 18.9 Å². The molecular formula is C28H29. The van der Waals surface area contributed by atoms with Crippen molar-refractivity contribution in [1.82, 2.24) is 0 Å². The highest BCUT2D eigenvalue weighted by Crippen LogP contribution is 1.94. The summed E-state index contributed by atoms with van der Waals surface area (Å²) in [5, 5.41) is 0. The first kappa shape index (κ1) is 22.7. The van der Waals surface area contributed by atoms with Gasteiger partial charge < -0.3 is 0 Å². The summed E-state index contributed by atoms with van der Waals surface area (Å²) in [5.41, 5.74) is 0. The van der Waals surface area contributed by atoms with E-state index in [4.69, 9.17) is 0 Å². The SMILES string of the molecule is [C]1=C/C=C\C=C/C=C\C=C\C=C\C=C\C=C/C=C/C=C/C=C/C=C\C=C\CC/1. The van der Waals surface area contributed by atoms with Crippen molar-refractivity contribution in [2.45, 2.75) is 12.8 Å². The van der Waals surface area contributed by atoms with E-state index in [2.05, 4.69) is 18.2 Å². The van der Waals surface area contributed by atoms with Crippen LogP contribution in [0.25, 0.3) is 0 Å². The normalized spacial score (nSPS) is 31.4. The van der Waals surface area contributed by atoms with E-state index < -0.39 is 0 Å². The Morgan fingerprint density at radius 2 is 0.607 bits per heavy atom. The van der Waals surface area contributed by atoms with Crippen LogP contribution in [0.1, 0.15) is 12.8 Å². The Bertz CT molecular complexity index is 695. The molecule has 1 radical (unpaired) electrons. The molecule has 1 aliphatic carbocycles. The highest BCUT2D eigenvalue weighted by Gasteiger charge is 1.74. The molecule has 0 aromatic carbocycles. The van der Waals surface area contributed by atoms with Crippen LogP contribution in [0.2, 0.25) is 0 Å². The van der Waals surface area contributed by atoms with Gasteiger partial charge in [0.2, 0.25) is 0 Å². The summed E-state index contributed by atoms with van der Waals surface area (Å²) >= 11 is 0. The van der Waals surface area contributed by atoms with Gasteiger partial charge >= 0.3 is 0 Å². The van der Waals surface area contributed by atoms with Gasteiger partial charge in [-0.3, -0.25) is 0 Å². The standard InChI is InChI=1S/C28H29/c1-2-4-6-8-10-12-14-16-18-20-22-24-26-28-27-25-23-21-19-17-15-13-11-9-7-5-3-1/h1-25H,26,28H2/b3-1+,4-2-,7-5+,8-6+,11-9+,12-10+,15-13-,16-14+,19-17-,20-18-,23-21-,24-22+,27-25?. The van der Waals surface area contributed by atoms with Crippen LogP contribution >= 0.6 is 0 Å². The Balaban J connectivity index is 2.61. The van der Waals surface area contributed by atoms with Crippen LogP contribution in [0.4, 0.5) is 0 Å². The van der Waals surface area contributed by atoms with E-state index in [1.807, 2.05) is 140 Å². The molecule has 0 unspecified atom stereocenters. The number of hydrogen-bond acceptors (Lipinski definition) is 0. The molecule has 0 amide bonds. The Labute approximate surface area is 171 Å². The fourth-order valence-electron chi connectivity index (χ4n) is 1.90. The van der Waals surface area contributed by atoms with Crippen LogP contribution < -0.4 is 0 Å². The van der Waals surface area contributed by atoms with E-state index >= 15 is 0 Å². The minimum atomic E-state index is 0.922. The van der Waals surface area contributed by atoms with Crippen molar-refractivity contribution < 1.29 is 0 Å². The second-order valence-electron chi connectivity index (χ2n) is 5.57. The zero-order valence-electron chi connectivity index (χ0n) is 16.3. The summed E-state index contributed by atoms with van der Waals surface area (Å²) in [4.78, 5) is 0. The van der Waals surface area contributed by atoms with Gasteiger partial charge in [0.1, 0.15) is 0 Å². The van der Waals surface area contributed by atoms with Crippen molar-refractivity contribution in [2.75, 3.05) is 0 Å². The molecule has 0 aliphatic heterocycles. The molecule has 0 saturated heterocycles. The van der Waals surface area contributed by atoms with E-state index in [1.54, 1.807) is 0 Å². The molecule has 0 bridgehead atoms. The van der Waals surface area contributed by atoms with E-state index in [9.17, 15) is 0 Å².